The van der Waals surface area contributed by atoms with E-state index in [2.05, 4.69) is 5.32 Å². The van der Waals surface area contributed by atoms with E-state index < -0.39 is 46.3 Å². The largest absolute Gasteiger partial charge is 0.376 e. The molecule has 0 saturated carbocycles. The number of nitrogens with one attached hydrogen (secondary N) is 1. The monoisotopic (exact) mass is 461 g/mol. The van der Waals surface area contributed by atoms with Gasteiger partial charge in [-0.15, -0.1) is 0 Å². The van der Waals surface area contributed by atoms with E-state index in [-0.39, 0.29) is 10.6 Å². The van der Waals surface area contributed by atoms with Crippen molar-refractivity contribution in [2.75, 3.05) is 12.9 Å². The zero-order valence-electron chi connectivity index (χ0n) is 18.9. The maximum absolute atomic E-state index is 13.3. The molecule has 0 spiro atoms. The number of fused-ring (bicyclic) bond motifs is 1. The Morgan fingerprint density at radius 1 is 1.06 bits per heavy atom. The zero-order valence-corrected chi connectivity index (χ0v) is 19.7. The number of methoxy groups -OCH3 is 1. The Morgan fingerprint density at radius 3 is 2.41 bits per heavy atom. The minimum absolute atomic E-state index is 0.143. The number of benzene rings is 2. The van der Waals surface area contributed by atoms with Crippen LogP contribution in [0, 0.1) is 6.92 Å². The van der Waals surface area contributed by atoms with Gasteiger partial charge < -0.3 is 24.3 Å². The molecule has 8 heteroatoms. The van der Waals surface area contributed by atoms with E-state index in [9.17, 15) is 8.42 Å². The van der Waals surface area contributed by atoms with Crippen molar-refractivity contribution in [2.24, 2.45) is 0 Å². The second-order valence-electron chi connectivity index (χ2n) is 8.84. The fourth-order valence-electron chi connectivity index (χ4n) is 4.29. The predicted octanol–water partition coefficient (Wildman–Crippen LogP) is 2.82. The molecule has 0 aromatic heterocycles. The molecule has 32 heavy (non-hydrogen) atoms. The highest BCUT2D eigenvalue weighted by atomic mass is 32.2. The first-order chi connectivity index (χ1) is 15.2. The van der Waals surface area contributed by atoms with Crippen LogP contribution in [0.5, 0.6) is 0 Å². The lowest BCUT2D eigenvalue weighted by Crippen LogP contribution is -2.51. The van der Waals surface area contributed by atoms with Crippen molar-refractivity contribution in [1.82, 2.24) is 5.32 Å². The number of ether oxygens (including phenoxy) is 4. The Morgan fingerprint density at radius 2 is 1.75 bits per heavy atom. The number of rotatable bonds is 8. The van der Waals surface area contributed by atoms with Crippen LogP contribution in [0.4, 0.5) is 0 Å². The summed E-state index contributed by atoms with van der Waals surface area (Å²) < 4.78 is 50.3. The van der Waals surface area contributed by atoms with Gasteiger partial charge in [0, 0.05) is 13.7 Å². The third-order valence-electron chi connectivity index (χ3n) is 5.89. The molecule has 0 bridgehead atoms. The molecule has 2 aromatic carbocycles. The van der Waals surface area contributed by atoms with Crippen LogP contribution in [0.25, 0.3) is 0 Å². The lowest BCUT2D eigenvalue weighted by molar-refractivity contribution is -0.219. The number of hydrogen-bond donors (Lipinski definition) is 1. The molecule has 2 aliphatic heterocycles. The van der Waals surface area contributed by atoms with Crippen LogP contribution in [0.2, 0.25) is 0 Å². The Kier molecular flexibility index (Phi) is 6.72. The molecule has 2 aliphatic rings. The Labute approximate surface area is 189 Å². The smallest absolute Gasteiger partial charge is 0.190 e. The molecule has 1 N–H and O–H groups in total. The second-order valence-corrected chi connectivity index (χ2v) is 10.9. The first-order valence-corrected chi connectivity index (χ1v) is 12.4. The van der Waals surface area contributed by atoms with Gasteiger partial charge in [-0.05, 0) is 38.5 Å². The summed E-state index contributed by atoms with van der Waals surface area (Å²) in [6.07, 6.45) is -2.07. The Balaban J connectivity index is 1.58. The Hall–Kier alpha value is -1.81. The number of aryl methyl sites for hydroxylation is 1. The van der Waals surface area contributed by atoms with Crippen LogP contribution in [0.3, 0.4) is 0 Å². The molecule has 0 aliphatic carbocycles. The van der Waals surface area contributed by atoms with Crippen molar-refractivity contribution in [3.63, 3.8) is 0 Å². The quantitative estimate of drug-likeness (QED) is 0.647. The van der Waals surface area contributed by atoms with E-state index in [1.54, 1.807) is 31.4 Å². The summed E-state index contributed by atoms with van der Waals surface area (Å²) in [6.45, 7) is 6.07. The van der Waals surface area contributed by atoms with Gasteiger partial charge >= 0.3 is 0 Å². The van der Waals surface area contributed by atoms with Crippen LogP contribution in [0.1, 0.15) is 25.0 Å². The molecule has 2 fully saturated rings. The molecule has 0 radical (unpaired) electrons. The lowest BCUT2D eigenvalue weighted by Gasteiger charge is -2.31. The molecule has 7 nitrogen and oxygen atoms in total. The predicted molar refractivity (Wildman–Crippen MR) is 120 cm³/mol. The zero-order chi connectivity index (χ0) is 22.9. The van der Waals surface area contributed by atoms with Crippen molar-refractivity contribution in [3.8, 4) is 0 Å². The average molecular weight is 462 g/mol. The molecular formula is C24H31NO6S. The highest BCUT2D eigenvalue weighted by Gasteiger charge is 2.57. The molecule has 2 heterocycles. The van der Waals surface area contributed by atoms with Gasteiger partial charge in [0.05, 0.1) is 16.7 Å². The summed E-state index contributed by atoms with van der Waals surface area (Å²) in [5.74, 6) is -0.922. The van der Waals surface area contributed by atoms with Crippen LogP contribution in [-0.4, -0.2) is 57.7 Å². The topological polar surface area (TPSA) is 83.1 Å². The summed E-state index contributed by atoms with van der Waals surface area (Å²) in [6, 6.07) is 16.2. The molecular weight excluding hydrogens is 430 g/mol. The average Bonchev–Trinajstić information content (AvgIpc) is 3.23. The fraction of sp³-hybridized carbons (Fsp3) is 0.500. The van der Waals surface area contributed by atoms with Gasteiger partial charge in [0.15, 0.2) is 21.9 Å². The SMILES string of the molecule is CO[C@@H]1[C@H]2OC(C)(C)O[C@H]2O[C@@H]1[C@@H](CS(=O)(=O)c1ccc(C)cc1)NCc1ccccc1. The summed E-state index contributed by atoms with van der Waals surface area (Å²) in [5.41, 5.74) is 2.05. The van der Waals surface area contributed by atoms with Gasteiger partial charge in [0.2, 0.25) is 0 Å². The lowest BCUT2D eigenvalue weighted by atomic mass is 10.0. The number of sulfone groups is 1. The maximum atomic E-state index is 13.3. The van der Waals surface area contributed by atoms with Gasteiger partial charge in [-0.25, -0.2) is 8.42 Å². The van der Waals surface area contributed by atoms with Crippen LogP contribution >= 0.6 is 0 Å². The molecule has 5 atom stereocenters. The number of hydrogen-bond acceptors (Lipinski definition) is 7. The van der Waals surface area contributed by atoms with E-state index in [0.717, 1.165) is 11.1 Å². The van der Waals surface area contributed by atoms with Crippen molar-refractivity contribution < 1.29 is 27.4 Å². The van der Waals surface area contributed by atoms with Gasteiger partial charge in [-0.3, -0.25) is 0 Å². The van der Waals surface area contributed by atoms with Crippen molar-refractivity contribution in [2.45, 2.75) is 68.6 Å². The van der Waals surface area contributed by atoms with Crippen LogP contribution < -0.4 is 5.32 Å². The van der Waals surface area contributed by atoms with Crippen molar-refractivity contribution in [1.29, 1.82) is 0 Å². The standard InChI is InChI=1S/C24H31NO6S/c1-16-10-12-18(13-11-16)32(26,27)15-19(25-14-17-8-6-5-7-9-17)20-21(28-4)22-23(29-20)31-24(2,3)30-22/h5-13,19-23,25H,14-15H2,1-4H3/t19-,20-,21+,22-,23-/m1/s1. The molecule has 174 valence electrons. The highest BCUT2D eigenvalue weighted by Crippen LogP contribution is 2.39. The molecule has 2 aromatic rings. The van der Waals surface area contributed by atoms with Crippen LogP contribution in [0.15, 0.2) is 59.5 Å². The van der Waals surface area contributed by atoms with Crippen LogP contribution in [-0.2, 0) is 35.3 Å². The minimum Gasteiger partial charge on any atom is -0.376 e. The third kappa shape index (κ3) is 5.06. The fourth-order valence-corrected chi connectivity index (χ4v) is 5.81. The molecule has 0 amide bonds. The summed E-state index contributed by atoms with van der Waals surface area (Å²) >= 11 is 0. The van der Waals surface area contributed by atoms with E-state index in [4.69, 9.17) is 18.9 Å². The summed E-state index contributed by atoms with van der Waals surface area (Å²) in [7, 11) is -1.99. The van der Waals surface area contributed by atoms with Crippen molar-refractivity contribution in [3.05, 3.63) is 65.7 Å². The van der Waals surface area contributed by atoms with Gasteiger partial charge in [0.25, 0.3) is 0 Å². The van der Waals surface area contributed by atoms with E-state index in [0.29, 0.717) is 6.54 Å². The van der Waals surface area contributed by atoms with Crippen molar-refractivity contribution >= 4 is 9.84 Å². The summed E-state index contributed by atoms with van der Waals surface area (Å²) in [5, 5.41) is 3.39. The maximum Gasteiger partial charge on any atom is 0.190 e. The third-order valence-corrected chi connectivity index (χ3v) is 7.67. The van der Waals surface area contributed by atoms with Gasteiger partial charge in [0.1, 0.15) is 18.3 Å². The van der Waals surface area contributed by atoms with Gasteiger partial charge in [-0.1, -0.05) is 48.0 Å². The van der Waals surface area contributed by atoms with E-state index in [1.165, 1.54) is 0 Å². The van der Waals surface area contributed by atoms with E-state index in [1.807, 2.05) is 51.1 Å². The molecule has 4 rings (SSSR count). The highest BCUT2D eigenvalue weighted by molar-refractivity contribution is 7.91. The normalized spacial score (nSPS) is 27.9. The second kappa shape index (κ2) is 9.21. The molecule has 2 saturated heterocycles. The summed E-state index contributed by atoms with van der Waals surface area (Å²) in [4.78, 5) is 0.287. The first-order valence-electron chi connectivity index (χ1n) is 10.8. The Bertz CT molecular complexity index is 1010. The van der Waals surface area contributed by atoms with E-state index >= 15 is 0 Å². The minimum atomic E-state index is -3.58. The first kappa shape index (κ1) is 23.4. The van der Waals surface area contributed by atoms with Gasteiger partial charge in [-0.2, -0.15) is 0 Å². The molecule has 0 unspecified atom stereocenters.